The molecule has 0 aliphatic heterocycles. The quantitative estimate of drug-likeness (QED) is 0.395. The molecule has 10 nitrogen and oxygen atoms in total. The lowest BCUT2D eigenvalue weighted by molar-refractivity contribution is -0.0170. The molecule has 0 bridgehead atoms. The third-order valence-electron chi connectivity index (χ3n) is 6.54. The third kappa shape index (κ3) is 5.57. The van der Waals surface area contributed by atoms with Gasteiger partial charge in [0.15, 0.2) is 11.5 Å². The lowest BCUT2D eigenvalue weighted by atomic mass is 10.1. The SMILES string of the molecule is Cc1ncnc2c1ccn2[C@@H]1C[C@H](Oc2cc(Cl)c(Cl)cc2OCCN(C(=O)O)C(C)(C)C)[C@@H](O)[C@H]1O. The highest BCUT2D eigenvalue weighted by Gasteiger charge is 2.44. The molecule has 1 amide bonds. The Labute approximate surface area is 224 Å². The van der Waals surface area contributed by atoms with Gasteiger partial charge >= 0.3 is 6.09 Å². The van der Waals surface area contributed by atoms with E-state index >= 15 is 0 Å². The van der Waals surface area contributed by atoms with Gasteiger partial charge in [-0.05, 0) is 33.8 Å². The van der Waals surface area contributed by atoms with Crippen molar-refractivity contribution in [3.63, 3.8) is 0 Å². The van der Waals surface area contributed by atoms with Crippen molar-refractivity contribution in [2.45, 2.75) is 64.0 Å². The second-order valence-corrected chi connectivity index (χ2v) is 10.8. The normalized spacial score (nSPS) is 21.8. The Morgan fingerprint density at radius 2 is 1.84 bits per heavy atom. The zero-order chi connectivity index (χ0) is 27.1. The van der Waals surface area contributed by atoms with Crippen molar-refractivity contribution in [1.82, 2.24) is 19.4 Å². The molecule has 4 rings (SSSR count). The van der Waals surface area contributed by atoms with Gasteiger partial charge in [-0.25, -0.2) is 14.8 Å². The number of nitrogens with zero attached hydrogens (tertiary/aromatic N) is 4. The summed E-state index contributed by atoms with van der Waals surface area (Å²) in [6, 6.07) is 4.35. The number of aryl methyl sites for hydroxylation is 1. The molecule has 3 N–H and O–H groups in total. The van der Waals surface area contributed by atoms with E-state index in [9.17, 15) is 20.1 Å². The molecule has 2 heterocycles. The molecule has 1 aliphatic carbocycles. The fourth-order valence-electron chi connectivity index (χ4n) is 4.57. The van der Waals surface area contributed by atoms with E-state index in [1.165, 1.54) is 23.4 Å². The summed E-state index contributed by atoms with van der Waals surface area (Å²) in [6.45, 7) is 7.39. The fraction of sp³-hybridized carbons (Fsp3) is 0.480. The van der Waals surface area contributed by atoms with Crippen LogP contribution in [0.25, 0.3) is 11.0 Å². The number of aliphatic hydroxyl groups is 2. The van der Waals surface area contributed by atoms with Crippen LogP contribution in [-0.4, -0.2) is 77.9 Å². The Bertz CT molecular complexity index is 1290. The van der Waals surface area contributed by atoms with Crippen LogP contribution < -0.4 is 9.47 Å². The molecule has 1 fully saturated rings. The summed E-state index contributed by atoms with van der Waals surface area (Å²) in [5.74, 6) is 0.466. The Morgan fingerprint density at radius 1 is 1.16 bits per heavy atom. The average Bonchev–Trinajstić information content (AvgIpc) is 3.36. The number of carbonyl (C=O) groups is 1. The topological polar surface area (TPSA) is 130 Å². The second kappa shape index (κ2) is 10.5. The second-order valence-electron chi connectivity index (χ2n) is 10.0. The summed E-state index contributed by atoms with van der Waals surface area (Å²) in [5, 5.41) is 32.5. The summed E-state index contributed by atoms with van der Waals surface area (Å²) >= 11 is 12.4. The molecule has 0 radical (unpaired) electrons. The smallest absolute Gasteiger partial charge is 0.407 e. The van der Waals surface area contributed by atoms with Crippen molar-refractivity contribution in [3.8, 4) is 11.5 Å². The van der Waals surface area contributed by atoms with E-state index in [0.717, 1.165) is 11.1 Å². The highest BCUT2D eigenvalue weighted by atomic mass is 35.5. The van der Waals surface area contributed by atoms with Gasteiger partial charge in [-0.2, -0.15) is 0 Å². The molecule has 2 aromatic heterocycles. The first-order chi connectivity index (χ1) is 17.4. The molecular weight excluding hydrogens is 523 g/mol. The zero-order valence-electron chi connectivity index (χ0n) is 20.9. The van der Waals surface area contributed by atoms with Gasteiger partial charge in [0.05, 0.1) is 28.3 Å². The first-order valence-electron chi connectivity index (χ1n) is 11.8. The summed E-state index contributed by atoms with van der Waals surface area (Å²) in [4.78, 5) is 21.4. The van der Waals surface area contributed by atoms with Crippen LogP contribution in [0.4, 0.5) is 4.79 Å². The first-order valence-corrected chi connectivity index (χ1v) is 12.6. The molecule has 1 aliphatic rings. The summed E-state index contributed by atoms with van der Waals surface area (Å²) < 4.78 is 13.8. The number of hydrogen-bond donors (Lipinski definition) is 3. The van der Waals surface area contributed by atoms with E-state index in [2.05, 4.69) is 9.97 Å². The van der Waals surface area contributed by atoms with Crippen molar-refractivity contribution >= 4 is 40.3 Å². The zero-order valence-corrected chi connectivity index (χ0v) is 22.4. The molecule has 0 saturated heterocycles. The van der Waals surface area contributed by atoms with Gasteiger partial charge in [0.25, 0.3) is 0 Å². The number of benzene rings is 1. The van der Waals surface area contributed by atoms with Gasteiger partial charge in [-0.15, -0.1) is 0 Å². The third-order valence-corrected chi connectivity index (χ3v) is 7.26. The molecule has 4 atom stereocenters. The number of aromatic nitrogens is 3. The van der Waals surface area contributed by atoms with Crippen LogP contribution in [-0.2, 0) is 0 Å². The van der Waals surface area contributed by atoms with Crippen LogP contribution in [0.1, 0.15) is 38.9 Å². The molecular formula is C25H30Cl2N4O6. The van der Waals surface area contributed by atoms with Crippen molar-refractivity contribution in [1.29, 1.82) is 0 Å². The van der Waals surface area contributed by atoms with E-state index in [4.69, 9.17) is 32.7 Å². The maximum absolute atomic E-state index is 11.6. The van der Waals surface area contributed by atoms with Gasteiger partial charge < -0.3 is 34.3 Å². The van der Waals surface area contributed by atoms with E-state index in [0.29, 0.717) is 5.65 Å². The lowest BCUT2D eigenvalue weighted by Gasteiger charge is -2.33. The van der Waals surface area contributed by atoms with E-state index in [-0.39, 0.29) is 41.1 Å². The highest BCUT2D eigenvalue weighted by Crippen LogP contribution is 2.41. The highest BCUT2D eigenvalue weighted by molar-refractivity contribution is 6.42. The summed E-state index contributed by atoms with van der Waals surface area (Å²) in [5.41, 5.74) is 0.858. The minimum Gasteiger partial charge on any atom is -0.488 e. The number of amides is 1. The summed E-state index contributed by atoms with van der Waals surface area (Å²) in [6.07, 6.45) is -0.600. The Kier molecular flexibility index (Phi) is 7.75. The standard InChI is InChI=1S/C25H30Cl2N4O6/c1-13-14-5-6-30(23(14)29-12-28-13)17-11-20(22(33)21(17)32)37-19-10-16(27)15(26)9-18(19)36-8-7-31(24(34)35)25(2,3)4/h5-6,9-10,12,17,20-22,32-33H,7-8,11H2,1-4H3,(H,34,35)/t17-,20+,21+,22-/m1/s1. The van der Waals surface area contributed by atoms with Crippen LogP contribution in [0.2, 0.25) is 10.0 Å². The Morgan fingerprint density at radius 3 is 2.49 bits per heavy atom. The largest absolute Gasteiger partial charge is 0.488 e. The van der Waals surface area contributed by atoms with Crippen molar-refractivity contribution in [2.75, 3.05) is 13.2 Å². The molecule has 37 heavy (non-hydrogen) atoms. The van der Waals surface area contributed by atoms with Crippen molar-refractivity contribution in [2.24, 2.45) is 0 Å². The van der Waals surface area contributed by atoms with Crippen LogP contribution >= 0.6 is 23.2 Å². The van der Waals surface area contributed by atoms with Crippen LogP contribution in [0.5, 0.6) is 11.5 Å². The number of hydrogen-bond acceptors (Lipinski definition) is 7. The lowest BCUT2D eigenvalue weighted by Crippen LogP contribution is -2.46. The van der Waals surface area contributed by atoms with Crippen molar-refractivity contribution < 1.29 is 29.6 Å². The molecule has 1 saturated carbocycles. The fourth-order valence-corrected chi connectivity index (χ4v) is 4.88. The van der Waals surface area contributed by atoms with Crippen molar-refractivity contribution in [3.05, 3.63) is 46.5 Å². The molecule has 200 valence electrons. The molecule has 0 unspecified atom stereocenters. The maximum atomic E-state index is 11.6. The molecule has 1 aromatic carbocycles. The van der Waals surface area contributed by atoms with Crippen LogP contribution in [0, 0.1) is 6.92 Å². The van der Waals surface area contributed by atoms with Crippen LogP contribution in [0.15, 0.2) is 30.7 Å². The minimum absolute atomic E-state index is 0.0325. The number of halogens is 2. The maximum Gasteiger partial charge on any atom is 0.407 e. The van der Waals surface area contributed by atoms with Gasteiger partial charge in [0.2, 0.25) is 0 Å². The number of rotatable bonds is 7. The Balaban J connectivity index is 1.53. The predicted octanol–water partition coefficient (Wildman–Crippen LogP) is 4.32. The first kappa shape index (κ1) is 27.3. The predicted molar refractivity (Wildman–Crippen MR) is 139 cm³/mol. The number of carboxylic acid groups (broad SMARTS) is 1. The Hall–Kier alpha value is -2.79. The minimum atomic E-state index is -1.20. The number of fused-ring (bicyclic) bond motifs is 1. The van der Waals surface area contributed by atoms with Crippen LogP contribution in [0.3, 0.4) is 0 Å². The van der Waals surface area contributed by atoms with Gasteiger partial charge in [-0.1, -0.05) is 23.2 Å². The average molecular weight is 553 g/mol. The number of aliphatic hydroxyl groups excluding tert-OH is 2. The molecule has 12 heteroatoms. The van der Waals surface area contributed by atoms with E-state index in [1.807, 2.05) is 23.8 Å². The number of ether oxygens (including phenoxy) is 2. The molecule has 0 spiro atoms. The van der Waals surface area contributed by atoms with Gasteiger partial charge in [-0.3, -0.25) is 0 Å². The van der Waals surface area contributed by atoms with E-state index in [1.54, 1.807) is 20.8 Å². The molecule has 3 aromatic rings. The van der Waals surface area contributed by atoms with E-state index < -0.39 is 36.0 Å². The monoisotopic (exact) mass is 552 g/mol. The van der Waals surface area contributed by atoms with Gasteiger partial charge in [0, 0.05) is 35.7 Å². The summed E-state index contributed by atoms with van der Waals surface area (Å²) in [7, 11) is 0. The van der Waals surface area contributed by atoms with Gasteiger partial charge in [0.1, 0.15) is 36.9 Å².